The number of aromatic nitrogens is 2. The highest BCUT2D eigenvalue weighted by atomic mass is 16.5. The smallest absolute Gasteiger partial charge is 0.314 e. The van der Waals surface area contributed by atoms with Crippen molar-refractivity contribution in [1.29, 1.82) is 0 Å². The van der Waals surface area contributed by atoms with E-state index >= 15 is 0 Å². The molecule has 0 aliphatic heterocycles. The average Bonchev–Trinajstić information content (AvgIpc) is 3.31. The zero-order valence-corrected chi connectivity index (χ0v) is 17.3. The molecule has 160 valence electrons. The molecule has 0 fully saturated rings. The molecule has 1 aromatic heterocycles. The first kappa shape index (κ1) is 20.9. The van der Waals surface area contributed by atoms with E-state index in [0.29, 0.717) is 18.2 Å². The van der Waals surface area contributed by atoms with Crippen LogP contribution in [0.3, 0.4) is 0 Å². The van der Waals surface area contributed by atoms with Gasteiger partial charge >= 0.3 is 11.8 Å². The number of hydrogen-bond acceptors (Lipinski definition) is 4. The number of amides is 2. The van der Waals surface area contributed by atoms with Crippen LogP contribution in [0.1, 0.15) is 11.1 Å². The second-order valence-corrected chi connectivity index (χ2v) is 7.04. The van der Waals surface area contributed by atoms with E-state index in [1.165, 1.54) is 0 Å². The minimum Gasteiger partial charge on any atom is -0.489 e. The highest BCUT2D eigenvalue weighted by Gasteiger charge is 2.15. The summed E-state index contributed by atoms with van der Waals surface area (Å²) in [7, 11) is 0. The van der Waals surface area contributed by atoms with E-state index in [1.54, 1.807) is 16.9 Å². The lowest BCUT2D eigenvalue weighted by Crippen LogP contribution is -2.35. The number of hydrogen-bond donors (Lipinski definition) is 2. The van der Waals surface area contributed by atoms with Crippen LogP contribution in [0.15, 0.2) is 97.2 Å². The maximum atomic E-state index is 12.2. The Kier molecular flexibility index (Phi) is 6.57. The standard InChI is InChI=1S/C25H22N4O3/c30-24(25(31)27-23-14-15-29(28-23)21-11-5-2-6-12-21)26-17-20-10-7-13-22(16-20)32-18-19-8-3-1-4-9-19/h1-16H,17-18H2,(H,26,30)(H,27,28,31). The van der Waals surface area contributed by atoms with E-state index in [-0.39, 0.29) is 6.54 Å². The molecular weight excluding hydrogens is 404 g/mol. The number of rotatable bonds is 7. The summed E-state index contributed by atoms with van der Waals surface area (Å²) in [5, 5.41) is 9.39. The lowest BCUT2D eigenvalue weighted by molar-refractivity contribution is -0.136. The summed E-state index contributed by atoms with van der Waals surface area (Å²) >= 11 is 0. The Balaban J connectivity index is 1.28. The van der Waals surface area contributed by atoms with Crippen molar-refractivity contribution in [3.63, 3.8) is 0 Å². The second-order valence-electron chi connectivity index (χ2n) is 7.04. The summed E-state index contributed by atoms with van der Waals surface area (Å²) in [5.74, 6) is -0.531. The number of carbonyl (C=O) groups excluding carboxylic acids is 2. The van der Waals surface area contributed by atoms with Gasteiger partial charge in [-0.25, -0.2) is 4.68 Å². The van der Waals surface area contributed by atoms with Crippen molar-refractivity contribution in [2.45, 2.75) is 13.2 Å². The zero-order chi connectivity index (χ0) is 22.2. The Hall–Kier alpha value is -4.39. The van der Waals surface area contributed by atoms with Crippen LogP contribution in [0.2, 0.25) is 0 Å². The first-order chi connectivity index (χ1) is 15.7. The fraction of sp³-hybridized carbons (Fsp3) is 0.0800. The molecule has 0 aliphatic rings. The third kappa shape index (κ3) is 5.60. The van der Waals surface area contributed by atoms with E-state index in [9.17, 15) is 9.59 Å². The number of ether oxygens (including phenoxy) is 1. The normalized spacial score (nSPS) is 10.4. The largest absolute Gasteiger partial charge is 0.489 e. The first-order valence-corrected chi connectivity index (χ1v) is 10.1. The van der Waals surface area contributed by atoms with Gasteiger partial charge in [-0.15, -0.1) is 0 Å². The molecule has 0 bridgehead atoms. The van der Waals surface area contributed by atoms with E-state index in [0.717, 1.165) is 16.8 Å². The molecule has 4 rings (SSSR count). The van der Waals surface area contributed by atoms with Gasteiger partial charge in [0.05, 0.1) is 5.69 Å². The fourth-order valence-electron chi connectivity index (χ4n) is 3.04. The molecular formula is C25H22N4O3. The molecule has 0 unspecified atom stereocenters. The van der Waals surface area contributed by atoms with Gasteiger partial charge in [0.1, 0.15) is 12.4 Å². The molecule has 0 radical (unpaired) electrons. The molecule has 0 saturated carbocycles. The maximum Gasteiger partial charge on any atom is 0.314 e. The van der Waals surface area contributed by atoms with Crippen molar-refractivity contribution in [3.8, 4) is 11.4 Å². The van der Waals surface area contributed by atoms with Crippen molar-refractivity contribution in [1.82, 2.24) is 15.1 Å². The van der Waals surface area contributed by atoms with Gasteiger partial charge in [0.15, 0.2) is 5.82 Å². The Morgan fingerprint density at radius 3 is 2.31 bits per heavy atom. The quantitative estimate of drug-likeness (QED) is 0.441. The molecule has 0 aliphatic carbocycles. The monoisotopic (exact) mass is 426 g/mol. The van der Waals surface area contributed by atoms with Crippen molar-refractivity contribution in [2.24, 2.45) is 0 Å². The van der Waals surface area contributed by atoms with Gasteiger partial charge in [-0.05, 0) is 35.4 Å². The Bertz CT molecular complexity index is 1190. The topological polar surface area (TPSA) is 85.2 Å². The summed E-state index contributed by atoms with van der Waals surface area (Å²) in [6.45, 7) is 0.655. The van der Waals surface area contributed by atoms with Crippen molar-refractivity contribution < 1.29 is 14.3 Å². The number of carbonyl (C=O) groups is 2. The average molecular weight is 426 g/mol. The SMILES string of the molecule is O=C(NCc1cccc(OCc2ccccc2)c1)C(=O)Nc1ccn(-c2ccccc2)n1. The number of para-hydroxylation sites is 1. The van der Waals surface area contributed by atoms with Crippen molar-refractivity contribution in [3.05, 3.63) is 108 Å². The molecule has 4 aromatic rings. The Morgan fingerprint density at radius 1 is 0.812 bits per heavy atom. The highest BCUT2D eigenvalue weighted by molar-refractivity contribution is 6.39. The molecule has 0 spiro atoms. The van der Waals surface area contributed by atoms with Gasteiger partial charge in [-0.2, -0.15) is 5.10 Å². The van der Waals surface area contributed by atoms with Crippen LogP contribution in [-0.4, -0.2) is 21.6 Å². The third-order valence-corrected chi connectivity index (χ3v) is 4.66. The maximum absolute atomic E-state index is 12.2. The molecule has 32 heavy (non-hydrogen) atoms. The summed E-state index contributed by atoms with van der Waals surface area (Å²) in [6.07, 6.45) is 1.71. The van der Waals surface area contributed by atoms with Crippen LogP contribution in [0.4, 0.5) is 5.82 Å². The molecule has 2 amide bonds. The van der Waals surface area contributed by atoms with Crippen LogP contribution >= 0.6 is 0 Å². The Morgan fingerprint density at radius 2 is 1.53 bits per heavy atom. The number of nitrogens with one attached hydrogen (secondary N) is 2. The van der Waals surface area contributed by atoms with Gasteiger partial charge in [0.2, 0.25) is 0 Å². The fourth-order valence-corrected chi connectivity index (χ4v) is 3.04. The van der Waals surface area contributed by atoms with Crippen LogP contribution in [0.5, 0.6) is 5.75 Å². The minimum atomic E-state index is -0.778. The lowest BCUT2D eigenvalue weighted by Gasteiger charge is -2.09. The molecule has 1 heterocycles. The van der Waals surface area contributed by atoms with E-state index in [2.05, 4.69) is 15.7 Å². The first-order valence-electron chi connectivity index (χ1n) is 10.1. The van der Waals surface area contributed by atoms with Crippen molar-refractivity contribution in [2.75, 3.05) is 5.32 Å². The van der Waals surface area contributed by atoms with Crippen molar-refractivity contribution >= 4 is 17.6 Å². The van der Waals surface area contributed by atoms with Gasteiger partial charge in [0.25, 0.3) is 0 Å². The number of benzene rings is 3. The van der Waals surface area contributed by atoms with Gasteiger partial charge in [-0.1, -0.05) is 60.7 Å². The number of anilines is 1. The molecule has 0 saturated heterocycles. The molecule has 3 aromatic carbocycles. The van der Waals surface area contributed by atoms with Gasteiger partial charge < -0.3 is 15.4 Å². The lowest BCUT2D eigenvalue weighted by atomic mass is 10.2. The van der Waals surface area contributed by atoms with E-state index in [4.69, 9.17) is 4.74 Å². The predicted molar refractivity (Wildman–Crippen MR) is 121 cm³/mol. The molecule has 7 nitrogen and oxygen atoms in total. The van der Waals surface area contributed by atoms with Gasteiger partial charge in [0, 0.05) is 18.8 Å². The Labute approximate surface area is 185 Å². The molecule has 2 N–H and O–H groups in total. The van der Waals surface area contributed by atoms with E-state index < -0.39 is 11.8 Å². The van der Waals surface area contributed by atoms with E-state index in [1.807, 2.05) is 84.9 Å². The minimum absolute atomic E-state index is 0.202. The van der Waals surface area contributed by atoms with Crippen LogP contribution in [0, 0.1) is 0 Å². The number of nitrogens with zero attached hydrogens (tertiary/aromatic N) is 2. The third-order valence-electron chi connectivity index (χ3n) is 4.66. The summed E-state index contributed by atoms with van der Waals surface area (Å²) in [5.41, 5.74) is 2.74. The summed E-state index contributed by atoms with van der Waals surface area (Å²) in [4.78, 5) is 24.4. The summed E-state index contributed by atoms with van der Waals surface area (Å²) < 4.78 is 7.42. The van der Waals surface area contributed by atoms with Crippen LogP contribution < -0.4 is 15.4 Å². The zero-order valence-electron chi connectivity index (χ0n) is 17.3. The molecule has 7 heteroatoms. The predicted octanol–water partition coefficient (Wildman–Crippen LogP) is 3.71. The van der Waals surface area contributed by atoms with Crippen LogP contribution in [0.25, 0.3) is 5.69 Å². The van der Waals surface area contributed by atoms with Crippen LogP contribution in [-0.2, 0) is 22.7 Å². The van der Waals surface area contributed by atoms with Gasteiger partial charge in [-0.3, -0.25) is 9.59 Å². The highest BCUT2D eigenvalue weighted by Crippen LogP contribution is 2.15. The molecule has 0 atom stereocenters. The summed E-state index contributed by atoms with van der Waals surface area (Å²) in [6, 6.07) is 28.4. The second kappa shape index (κ2) is 10.1.